The van der Waals surface area contributed by atoms with E-state index in [1.54, 1.807) is 24.3 Å². The van der Waals surface area contributed by atoms with E-state index in [0.717, 1.165) is 0 Å². The van der Waals surface area contributed by atoms with E-state index in [0.29, 0.717) is 29.1 Å². The molecule has 0 radical (unpaired) electrons. The summed E-state index contributed by atoms with van der Waals surface area (Å²) in [6.45, 7) is 4.70. The van der Waals surface area contributed by atoms with Gasteiger partial charge in [-0.2, -0.15) is 0 Å². The number of ether oxygens (including phenoxy) is 2. The maximum Gasteiger partial charge on any atom is 0.338 e. The maximum atomic E-state index is 13.0. The van der Waals surface area contributed by atoms with Crippen molar-refractivity contribution in [3.8, 4) is 0 Å². The Hall–Kier alpha value is -2.66. The Balaban J connectivity index is 1.31. The number of carbonyl (C=O) groups excluding carboxylic acids is 2. The first-order chi connectivity index (χ1) is 15.1. The Labute approximate surface area is 182 Å². The third-order valence-corrected chi connectivity index (χ3v) is 8.49. The Morgan fingerprint density at radius 3 is 1.74 bits per heavy atom. The van der Waals surface area contributed by atoms with Gasteiger partial charge in [0.2, 0.25) is 0 Å². The molecule has 0 amide bonds. The fourth-order valence-electron chi connectivity index (χ4n) is 7.19. The van der Waals surface area contributed by atoms with E-state index in [1.165, 1.54) is 30.4 Å². The molecule has 3 heterocycles. The molecule has 4 aliphatic rings. The van der Waals surface area contributed by atoms with Gasteiger partial charge >= 0.3 is 11.9 Å². The first-order valence-corrected chi connectivity index (χ1v) is 11.5. The number of esters is 2. The van der Waals surface area contributed by atoms with Crippen molar-refractivity contribution in [1.29, 1.82) is 0 Å². The largest absolute Gasteiger partial charge is 0.455 e. The van der Waals surface area contributed by atoms with Crippen molar-refractivity contribution < 1.29 is 23.5 Å². The molecule has 7 atom stereocenters. The number of nitrogens with zero attached hydrogens (tertiary/aromatic N) is 1. The summed E-state index contributed by atoms with van der Waals surface area (Å²) in [5.41, 5.74) is 1.09. The third-order valence-electron chi connectivity index (χ3n) is 8.49. The lowest BCUT2D eigenvalue weighted by atomic mass is 9.78. The molecule has 5 nitrogen and oxygen atoms in total. The van der Waals surface area contributed by atoms with Crippen molar-refractivity contribution in [2.75, 3.05) is 13.1 Å². The van der Waals surface area contributed by atoms with Gasteiger partial charge in [-0.05, 0) is 24.3 Å². The molecule has 31 heavy (non-hydrogen) atoms. The summed E-state index contributed by atoms with van der Waals surface area (Å²) in [4.78, 5) is 25.9. The van der Waals surface area contributed by atoms with Crippen LogP contribution < -0.4 is 0 Å². The molecular weight excluding hydrogens is 390 g/mol. The zero-order chi connectivity index (χ0) is 21.2. The highest BCUT2D eigenvalue weighted by atomic mass is 16.6. The van der Waals surface area contributed by atoms with E-state index in [2.05, 4.69) is 6.92 Å². The molecule has 0 aromatic heterocycles. The molecule has 5 heteroatoms. The van der Waals surface area contributed by atoms with E-state index in [4.69, 9.17) is 9.47 Å². The van der Waals surface area contributed by atoms with Crippen LogP contribution in [0.5, 0.6) is 0 Å². The Morgan fingerprint density at radius 1 is 0.742 bits per heavy atom. The van der Waals surface area contributed by atoms with Crippen LogP contribution in [0.2, 0.25) is 0 Å². The molecule has 1 spiro atoms. The van der Waals surface area contributed by atoms with Gasteiger partial charge in [0.1, 0.15) is 25.3 Å². The maximum absolute atomic E-state index is 13.0. The molecule has 2 bridgehead atoms. The first kappa shape index (κ1) is 19.1. The number of fused-ring (bicyclic) bond motifs is 3. The fourth-order valence-corrected chi connectivity index (χ4v) is 7.19. The average Bonchev–Trinajstić information content (AvgIpc) is 3.41. The van der Waals surface area contributed by atoms with Crippen LogP contribution in [-0.2, 0) is 9.47 Å². The van der Waals surface area contributed by atoms with Gasteiger partial charge in [0.05, 0.1) is 29.1 Å². The molecule has 2 aromatic rings. The van der Waals surface area contributed by atoms with Gasteiger partial charge in [0.15, 0.2) is 0 Å². The minimum absolute atomic E-state index is 0.178. The fraction of sp³-hybridized carbons (Fsp3) is 0.462. The van der Waals surface area contributed by atoms with Crippen molar-refractivity contribution in [2.45, 2.75) is 44.1 Å². The number of carbonyl (C=O) groups is 2. The van der Waals surface area contributed by atoms with Crippen LogP contribution in [0.4, 0.5) is 0 Å². The second-order valence-corrected chi connectivity index (χ2v) is 9.75. The summed E-state index contributed by atoms with van der Waals surface area (Å²) in [6.07, 6.45) is 1.65. The quantitative estimate of drug-likeness (QED) is 0.432. The Kier molecular flexibility index (Phi) is 4.26. The van der Waals surface area contributed by atoms with Crippen LogP contribution >= 0.6 is 0 Å². The molecule has 0 N–H and O–H groups in total. The minimum Gasteiger partial charge on any atom is -0.455 e. The second kappa shape index (κ2) is 6.92. The normalized spacial score (nSPS) is 36.2. The predicted molar refractivity (Wildman–Crippen MR) is 114 cm³/mol. The standard InChI is InChI=1S/C26H28NO4/c1-16-21-19-12-13-20(27(19)14-15-27)22(21)24(31-26(29)18-10-6-3-7-11-18)23(16)30-25(28)17-8-4-2-5-9-17/h2-11,16,19-24H,12-15H2,1H3/q+1. The molecule has 160 valence electrons. The van der Waals surface area contributed by atoms with Crippen molar-refractivity contribution in [3.05, 3.63) is 71.8 Å². The molecule has 1 aliphatic carbocycles. The summed E-state index contributed by atoms with van der Waals surface area (Å²) in [5, 5.41) is 0. The van der Waals surface area contributed by atoms with Crippen LogP contribution in [0, 0.1) is 17.8 Å². The minimum atomic E-state index is -0.404. The summed E-state index contributed by atoms with van der Waals surface area (Å²) < 4.78 is 13.5. The van der Waals surface area contributed by atoms with Gasteiger partial charge in [-0.15, -0.1) is 0 Å². The van der Waals surface area contributed by atoms with E-state index in [-0.39, 0.29) is 29.9 Å². The van der Waals surface area contributed by atoms with Gasteiger partial charge in [-0.3, -0.25) is 0 Å². The molecule has 3 aliphatic heterocycles. The lowest BCUT2D eigenvalue weighted by Gasteiger charge is -2.30. The van der Waals surface area contributed by atoms with Crippen LogP contribution in [0.25, 0.3) is 0 Å². The van der Waals surface area contributed by atoms with Crippen molar-refractivity contribution in [2.24, 2.45) is 17.8 Å². The summed E-state index contributed by atoms with van der Waals surface area (Å²) in [7, 11) is 0. The topological polar surface area (TPSA) is 52.6 Å². The predicted octanol–water partition coefficient (Wildman–Crippen LogP) is 3.69. The lowest BCUT2D eigenvalue weighted by Crippen LogP contribution is -2.44. The van der Waals surface area contributed by atoms with E-state index in [1.807, 2.05) is 36.4 Å². The molecule has 2 aromatic carbocycles. The highest BCUT2D eigenvalue weighted by Crippen LogP contribution is 2.63. The Bertz CT molecular complexity index is 1000. The van der Waals surface area contributed by atoms with Crippen molar-refractivity contribution in [3.63, 3.8) is 0 Å². The molecule has 1 saturated carbocycles. The van der Waals surface area contributed by atoms with Crippen molar-refractivity contribution in [1.82, 2.24) is 0 Å². The molecule has 7 unspecified atom stereocenters. The summed E-state index contributed by atoms with van der Waals surface area (Å²) in [6, 6.07) is 19.4. The highest BCUT2D eigenvalue weighted by Gasteiger charge is 2.77. The zero-order valence-electron chi connectivity index (χ0n) is 17.7. The molecule has 6 rings (SSSR count). The molecular formula is C26H28NO4+. The average molecular weight is 419 g/mol. The number of quaternary nitrogens is 1. The van der Waals surface area contributed by atoms with Gasteiger partial charge in [-0.1, -0.05) is 43.3 Å². The molecule has 3 saturated heterocycles. The second-order valence-electron chi connectivity index (χ2n) is 9.75. The van der Waals surface area contributed by atoms with Gasteiger partial charge in [0, 0.05) is 24.7 Å². The first-order valence-electron chi connectivity index (χ1n) is 11.5. The van der Waals surface area contributed by atoms with Crippen LogP contribution in [0.15, 0.2) is 60.7 Å². The lowest BCUT2D eigenvalue weighted by molar-refractivity contribution is -0.828. The van der Waals surface area contributed by atoms with Crippen molar-refractivity contribution >= 4 is 11.9 Å². The monoisotopic (exact) mass is 418 g/mol. The number of rotatable bonds is 4. The number of hydrogen-bond donors (Lipinski definition) is 0. The van der Waals surface area contributed by atoms with Gasteiger partial charge in [-0.25, -0.2) is 9.59 Å². The van der Waals surface area contributed by atoms with Gasteiger partial charge < -0.3 is 14.0 Å². The number of hydrogen-bond acceptors (Lipinski definition) is 4. The highest BCUT2D eigenvalue weighted by molar-refractivity contribution is 5.90. The van der Waals surface area contributed by atoms with E-state index in [9.17, 15) is 9.59 Å². The third kappa shape index (κ3) is 2.79. The van der Waals surface area contributed by atoms with Crippen LogP contribution in [-0.4, -0.2) is 53.8 Å². The smallest absolute Gasteiger partial charge is 0.338 e. The Morgan fingerprint density at radius 2 is 1.23 bits per heavy atom. The van der Waals surface area contributed by atoms with E-state index < -0.39 is 6.10 Å². The SMILES string of the molecule is CC1C(OC(=O)c2ccccc2)C(OC(=O)c2ccccc2)C2C1C1CCC2[N+]12CC2. The van der Waals surface area contributed by atoms with Gasteiger partial charge in [0.25, 0.3) is 0 Å². The molecule has 4 fully saturated rings. The van der Waals surface area contributed by atoms with Crippen LogP contribution in [0.3, 0.4) is 0 Å². The summed E-state index contributed by atoms with van der Waals surface area (Å²) >= 11 is 0. The van der Waals surface area contributed by atoms with Crippen LogP contribution in [0.1, 0.15) is 40.5 Å². The zero-order valence-corrected chi connectivity index (χ0v) is 17.7. The van der Waals surface area contributed by atoms with E-state index >= 15 is 0 Å². The number of benzene rings is 2. The summed E-state index contributed by atoms with van der Waals surface area (Å²) in [5.74, 6) is 0.249.